The normalized spacial score (nSPS) is 11.7. The molecule has 0 radical (unpaired) electrons. The first-order chi connectivity index (χ1) is 16.8. The minimum atomic E-state index is -3.93. The van der Waals surface area contributed by atoms with E-state index in [1.807, 2.05) is 10.6 Å². The minimum Gasteiger partial charge on any atom is -0.343 e. The van der Waals surface area contributed by atoms with Crippen molar-refractivity contribution in [2.75, 3.05) is 23.7 Å². The summed E-state index contributed by atoms with van der Waals surface area (Å²) in [5.74, 6) is -10.8. The summed E-state index contributed by atoms with van der Waals surface area (Å²) < 4.78 is 8.48. The summed E-state index contributed by atoms with van der Waals surface area (Å²) in [5, 5.41) is 88.6. The van der Waals surface area contributed by atoms with E-state index in [9.17, 15) is 60.7 Å². The number of hydrogen-bond donors (Lipinski definition) is 2. The van der Waals surface area contributed by atoms with Gasteiger partial charge >= 0.3 is 11.6 Å². The van der Waals surface area contributed by atoms with E-state index in [-0.39, 0.29) is 0 Å². The van der Waals surface area contributed by atoms with Gasteiger partial charge in [-0.3, -0.25) is 60.7 Å². The van der Waals surface area contributed by atoms with Crippen LogP contribution < -0.4 is 10.6 Å². The van der Waals surface area contributed by atoms with Crippen LogP contribution in [0.2, 0.25) is 0 Å². The average molecular weight is 522 g/mol. The fraction of sp³-hybridized carbons (Fsp3) is 0.500. The SMILES string of the molecule is O=[N+]([O-])C(CNc1nonc1N=Nc1nonc1NCC([N+](=O)[O-])([N+](=O)[O-])[N+](=O)[O-])([N+](=O)[O-])[N+](=O)[O-]. The summed E-state index contributed by atoms with van der Waals surface area (Å²) in [6.07, 6.45) is 0. The van der Waals surface area contributed by atoms with E-state index in [1.165, 1.54) is 0 Å². The average Bonchev–Trinajstić information content (AvgIpc) is 3.40. The molecule has 2 aromatic heterocycles. The summed E-state index contributed by atoms with van der Waals surface area (Å²) in [6.45, 7) is -3.14. The van der Waals surface area contributed by atoms with Crippen molar-refractivity contribution >= 4 is 23.3 Å². The van der Waals surface area contributed by atoms with Gasteiger partial charge in [-0.25, -0.2) is 9.26 Å². The van der Waals surface area contributed by atoms with Gasteiger partial charge in [0.1, 0.15) is 0 Å². The van der Waals surface area contributed by atoms with Crippen molar-refractivity contribution in [1.82, 2.24) is 20.6 Å². The topological polar surface area (TPSA) is 385 Å². The van der Waals surface area contributed by atoms with Crippen LogP contribution in [0.25, 0.3) is 0 Å². The van der Waals surface area contributed by atoms with Crippen molar-refractivity contribution in [3.63, 3.8) is 0 Å². The van der Waals surface area contributed by atoms with Crippen molar-refractivity contribution < 1.29 is 38.8 Å². The fourth-order valence-electron chi connectivity index (χ4n) is 2.01. The zero-order valence-electron chi connectivity index (χ0n) is 16.5. The molecule has 2 aromatic rings. The first-order valence-corrected chi connectivity index (χ1v) is 8.22. The van der Waals surface area contributed by atoms with Gasteiger partial charge in [0.15, 0.2) is 29.5 Å². The highest BCUT2D eigenvalue weighted by atomic mass is 16.7. The van der Waals surface area contributed by atoms with Crippen molar-refractivity contribution in [3.05, 3.63) is 60.7 Å². The number of nitrogens with one attached hydrogen (secondary N) is 2. The van der Waals surface area contributed by atoms with Crippen LogP contribution in [0.5, 0.6) is 0 Å². The monoisotopic (exact) mass is 522 g/mol. The molecule has 2 heterocycles. The van der Waals surface area contributed by atoms with Gasteiger partial charge in [0.2, 0.25) is 24.7 Å². The van der Waals surface area contributed by atoms with Crippen LogP contribution in [-0.2, 0) is 0 Å². The van der Waals surface area contributed by atoms with Crippen LogP contribution in [0.1, 0.15) is 0 Å². The molecule has 0 aliphatic heterocycles. The highest BCUT2D eigenvalue weighted by Crippen LogP contribution is 2.27. The second kappa shape index (κ2) is 9.79. The van der Waals surface area contributed by atoms with Crippen LogP contribution in [0.4, 0.5) is 23.3 Å². The summed E-state index contributed by atoms with van der Waals surface area (Å²) in [6, 6.07) is 0. The number of nitrogens with zero attached hydrogens (tertiary/aromatic N) is 12. The summed E-state index contributed by atoms with van der Waals surface area (Å²) >= 11 is 0. The molecule has 36 heavy (non-hydrogen) atoms. The Morgan fingerprint density at radius 1 is 0.583 bits per heavy atom. The summed E-state index contributed by atoms with van der Waals surface area (Å²) in [4.78, 5) is 55.0. The van der Waals surface area contributed by atoms with Gasteiger partial charge in [-0.05, 0) is 20.6 Å². The highest BCUT2D eigenvalue weighted by Gasteiger charge is 2.71. The molecule has 2 rings (SSSR count). The molecule has 0 atom stereocenters. The largest absolute Gasteiger partial charge is 0.717 e. The Kier molecular flexibility index (Phi) is 7.11. The molecular formula is C8H6N14O14. The second-order valence-electron chi connectivity index (χ2n) is 5.87. The lowest BCUT2D eigenvalue weighted by atomic mass is 10.3. The molecule has 192 valence electrons. The van der Waals surface area contributed by atoms with Gasteiger partial charge in [-0.1, -0.05) is 0 Å². The molecule has 0 saturated carbocycles. The Bertz CT molecular complexity index is 1080. The Morgan fingerprint density at radius 3 is 1.11 bits per heavy atom. The Morgan fingerprint density at radius 2 is 0.861 bits per heavy atom. The van der Waals surface area contributed by atoms with E-state index in [0.29, 0.717) is 0 Å². The van der Waals surface area contributed by atoms with Gasteiger partial charge < -0.3 is 10.6 Å². The molecule has 0 saturated heterocycles. The van der Waals surface area contributed by atoms with E-state index in [1.54, 1.807) is 0 Å². The van der Waals surface area contributed by atoms with Crippen molar-refractivity contribution in [1.29, 1.82) is 0 Å². The zero-order valence-corrected chi connectivity index (χ0v) is 16.5. The highest BCUT2D eigenvalue weighted by molar-refractivity contribution is 5.56. The van der Waals surface area contributed by atoms with E-state index in [0.717, 1.165) is 0 Å². The zero-order chi connectivity index (χ0) is 27.3. The lowest BCUT2D eigenvalue weighted by Crippen LogP contribution is -2.58. The van der Waals surface area contributed by atoms with Crippen molar-refractivity contribution in [2.24, 2.45) is 10.2 Å². The third-order valence-electron chi connectivity index (χ3n) is 3.92. The van der Waals surface area contributed by atoms with E-state index < -0.39 is 77.5 Å². The Hall–Kier alpha value is -6.12. The second-order valence-corrected chi connectivity index (χ2v) is 5.87. The number of aromatic nitrogens is 4. The Balaban J connectivity index is 2.24. The molecule has 0 fully saturated rings. The minimum absolute atomic E-state index is 0.728. The molecule has 28 heteroatoms. The molecule has 0 unspecified atom stereocenters. The number of rotatable bonds is 14. The lowest BCUT2D eigenvalue weighted by molar-refractivity contribution is -0.965. The first kappa shape index (κ1) is 26.1. The van der Waals surface area contributed by atoms with Gasteiger partial charge in [0.05, 0.1) is 0 Å². The maximum absolute atomic E-state index is 10.9. The molecule has 0 aliphatic carbocycles. The lowest BCUT2D eigenvalue weighted by Gasteiger charge is -2.09. The molecule has 0 aromatic carbocycles. The number of azo groups is 1. The molecular weight excluding hydrogens is 516 g/mol. The van der Waals surface area contributed by atoms with Crippen molar-refractivity contribution in [3.8, 4) is 0 Å². The maximum atomic E-state index is 10.9. The quantitative estimate of drug-likeness (QED) is 0.125. The predicted octanol–water partition coefficient (Wildman–Crippen LogP) is -1.34. The van der Waals surface area contributed by atoms with E-state index in [4.69, 9.17) is 0 Å². The molecule has 2 N–H and O–H groups in total. The number of anilines is 2. The fourth-order valence-corrected chi connectivity index (χ4v) is 2.01. The van der Waals surface area contributed by atoms with E-state index in [2.05, 4.69) is 40.1 Å². The first-order valence-electron chi connectivity index (χ1n) is 8.22. The standard InChI is InChI=1S/C8H6N14O14/c23-17(24)7(18(25)26,19(27)28)1-9-3-5(15-35-13-3)11-12-6-4(14-36-16-6)10-2-8(20(29)30,21(31)32)22(33)34/h1-2H2,(H,9,13)(H,10,14). The van der Waals surface area contributed by atoms with Gasteiger partial charge in [-0.2, -0.15) is 0 Å². The van der Waals surface area contributed by atoms with Crippen LogP contribution >= 0.6 is 0 Å². The third-order valence-corrected chi connectivity index (χ3v) is 3.92. The summed E-state index contributed by atoms with van der Waals surface area (Å²) in [5.41, 5.74) is 0. The smallest absolute Gasteiger partial charge is 0.343 e. The van der Waals surface area contributed by atoms with Crippen LogP contribution in [-0.4, -0.2) is 74.8 Å². The predicted molar refractivity (Wildman–Crippen MR) is 97.2 cm³/mol. The van der Waals surface area contributed by atoms with Gasteiger partial charge in [0.25, 0.3) is 11.6 Å². The summed E-state index contributed by atoms with van der Waals surface area (Å²) in [7, 11) is 0. The number of nitro groups is 6. The molecule has 0 amide bonds. The molecule has 0 spiro atoms. The van der Waals surface area contributed by atoms with Crippen molar-refractivity contribution in [2.45, 2.75) is 11.6 Å². The molecule has 0 bridgehead atoms. The van der Waals surface area contributed by atoms with Gasteiger partial charge in [0, 0.05) is 0 Å². The number of hydrogen-bond acceptors (Lipinski definition) is 22. The van der Waals surface area contributed by atoms with Crippen LogP contribution in [0.15, 0.2) is 19.5 Å². The Labute approximate surface area is 190 Å². The molecule has 28 nitrogen and oxygen atoms in total. The van der Waals surface area contributed by atoms with Crippen LogP contribution in [0.3, 0.4) is 0 Å². The molecule has 0 aliphatic rings. The van der Waals surface area contributed by atoms with Crippen LogP contribution in [0, 0.1) is 60.7 Å². The maximum Gasteiger partial charge on any atom is 0.717 e. The third kappa shape index (κ3) is 4.50. The van der Waals surface area contributed by atoms with Gasteiger partial charge in [-0.15, -0.1) is 10.2 Å². The van der Waals surface area contributed by atoms with E-state index >= 15 is 0 Å².